The molecule has 1 aliphatic heterocycles. The van der Waals surface area contributed by atoms with E-state index in [1.165, 1.54) is 19.2 Å². The quantitative estimate of drug-likeness (QED) is 0.846. The lowest BCUT2D eigenvalue weighted by atomic mass is 9.88. The summed E-state index contributed by atoms with van der Waals surface area (Å²) >= 11 is 0. The molecule has 0 aliphatic carbocycles. The Kier molecular flexibility index (Phi) is 3.97. The van der Waals surface area contributed by atoms with Crippen molar-refractivity contribution in [2.75, 3.05) is 20.2 Å². The second kappa shape index (κ2) is 5.47. The molecule has 4 heteroatoms. The zero-order valence-corrected chi connectivity index (χ0v) is 9.95. The molecular formula is C13H18FNO2. The molecule has 0 spiro atoms. The fourth-order valence-electron chi connectivity index (χ4n) is 2.35. The van der Waals surface area contributed by atoms with Gasteiger partial charge >= 0.3 is 0 Å². The number of hydrogen-bond acceptors (Lipinski definition) is 3. The van der Waals surface area contributed by atoms with Crippen LogP contribution in [0.1, 0.15) is 24.5 Å². The summed E-state index contributed by atoms with van der Waals surface area (Å²) in [5.41, 5.74) is 0.555. The molecule has 3 nitrogen and oxygen atoms in total. The van der Waals surface area contributed by atoms with Gasteiger partial charge in [-0.1, -0.05) is 0 Å². The van der Waals surface area contributed by atoms with Crippen LogP contribution in [0.3, 0.4) is 0 Å². The van der Waals surface area contributed by atoms with E-state index in [0.717, 1.165) is 25.9 Å². The molecule has 17 heavy (non-hydrogen) atoms. The molecule has 0 saturated carbocycles. The van der Waals surface area contributed by atoms with Crippen LogP contribution in [0.25, 0.3) is 0 Å². The number of piperidine rings is 1. The lowest BCUT2D eigenvalue weighted by Gasteiger charge is -2.28. The van der Waals surface area contributed by atoms with E-state index < -0.39 is 6.10 Å². The van der Waals surface area contributed by atoms with Crippen LogP contribution < -0.4 is 10.1 Å². The molecule has 1 atom stereocenters. The minimum absolute atomic E-state index is 0.173. The number of ether oxygens (including phenoxy) is 1. The van der Waals surface area contributed by atoms with Gasteiger partial charge in [0, 0.05) is 5.56 Å². The number of methoxy groups -OCH3 is 1. The Labute approximate surface area is 101 Å². The second-order valence-electron chi connectivity index (χ2n) is 4.42. The lowest BCUT2D eigenvalue weighted by molar-refractivity contribution is 0.0862. The number of benzene rings is 1. The van der Waals surface area contributed by atoms with E-state index in [0.29, 0.717) is 11.3 Å². The van der Waals surface area contributed by atoms with Gasteiger partial charge in [0.15, 0.2) is 0 Å². The third-order valence-corrected chi connectivity index (χ3v) is 3.34. The van der Waals surface area contributed by atoms with Gasteiger partial charge in [-0.25, -0.2) is 4.39 Å². The number of nitrogens with one attached hydrogen (secondary N) is 1. The van der Waals surface area contributed by atoms with Crippen LogP contribution in [0.2, 0.25) is 0 Å². The summed E-state index contributed by atoms with van der Waals surface area (Å²) < 4.78 is 18.4. The van der Waals surface area contributed by atoms with Crippen LogP contribution in [-0.2, 0) is 0 Å². The molecule has 1 aliphatic rings. The topological polar surface area (TPSA) is 41.5 Å². The average Bonchev–Trinajstić information content (AvgIpc) is 2.39. The molecule has 1 aromatic rings. The Bertz CT molecular complexity index is 378. The summed E-state index contributed by atoms with van der Waals surface area (Å²) in [6, 6.07) is 4.28. The van der Waals surface area contributed by atoms with Crippen LogP contribution >= 0.6 is 0 Å². The summed E-state index contributed by atoms with van der Waals surface area (Å²) in [6.07, 6.45) is 1.16. The summed E-state index contributed by atoms with van der Waals surface area (Å²) in [6.45, 7) is 1.80. The predicted molar refractivity (Wildman–Crippen MR) is 63.5 cm³/mol. The van der Waals surface area contributed by atoms with Crippen LogP contribution in [0.15, 0.2) is 18.2 Å². The average molecular weight is 239 g/mol. The lowest BCUT2D eigenvalue weighted by Crippen LogP contribution is -2.31. The summed E-state index contributed by atoms with van der Waals surface area (Å²) in [5, 5.41) is 13.6. The third-order valence-electron chi connectivity index (χ3n) is 3.34. The number of aliphatic hydroxyl groups is 1. The highest BCUT2D eigenvalue weighted by molar-refractivity contribution is 5.36. The fourth-order valence-corrected chi connectivity index (χ4v) is 2.35. The molecule has 1 aromatic carbocycles. The summed E-state index contributed by atoms with van der Waals surface area (Å²) in [5.74, 6) is 0.387. The first-order valence-corrected chi connectivity index (χ1v) is 5.94. The maximum absolute atomic E-state index is 13.2. The van der Waals surface area contributed by atoms with Crippen molar-refractivity contribution in [3.63, 3.8) is 0 Å². The Morgan fingerprint density at radius 2 is 2.12 bits per heavy atom. The van der Waals surface area contributed by atoms with Crippen LogP contribution in [0, 0.1) is 11.7 Å². The molecule has 2 N–H and O–H groups in total. The van der Waals surface area contributed by atoms with Crippen molar-refractivity contribution in [2.24, 2.45) is 5.92 Å². The number of aliphatic hydroxyl groups excluding tert-OH is 1. The minimum atomic E-state index is -0.650. The van der Waals surface area contributed by atoms with Gasteiger partial charge in [0.05, 0.1) is 13.2 Å². The largest absolute Gasteiger partial charge is 0.496 e. The van der Waals surface area contributed by atoms with Crippen molar-refractivity contribution in [1.29, 1.82) is 0 Å². The molecular weight excluding hydrogens is 221 g/mol. The molecule has 0 radical (unpaired) electrons. The monoisotopic (exact) mass is 239 g/mol. The number of hydrogen-bond donors (Lipinski definition) is 2. The van der Waals surface area contributed by atoms with Crippen molar-refractivity contribution in [1.82, 2.24) is 5.32 Å². The molecule has 2 rings (SSSR count). The normalized spacial score (nSPS) is 19.0. The molecule has 94 valence electrons. The van der Waals surface area contributed by atoms with Gasteiger partial charge in [-0.05, 0) is 50.0 Å². The molecule has 0 bridgehead atoms. The Hall–Kier alpha value is -1.13. The Balaban J connectivity index is 2.21. The minimum Gasteiger partial charge on any atom is -0.496 e. The first-order chi connectivity index (χ1) is 8.22. The zero-order chi connectivity index (χ0) is 12.3. The van der Waals surface area contributed by atoms with Gasteiger partial charge in [-0.2, -0.15) is 0 Å². The van der Waals surface area contributed by atoms with Gasteiger partial charge in [-0.15, -0.1) is 0 Å². The maximum atomic E-state index is 13.2. The maximum Gasteiger partial charge on any atom is 0.124 e. The van der Waals surface area contributed by atoms with Crippen LogP contribution in [0.4, 0.5) is 4.39 Å². The third kappa shape index (κ3) is 2.76. The fraction of sp³-hybridized carbons (Fsp3) is 0.538. The first-order valence-electron chi connectivity index (χ1n) is 5.94. The highest BCUT2D eigenvalue weighted by Gasteiger charge is 2.25. The van der Waals surface area contributed by atoms with E-state index in [4.69, 9.17) is 4.74 Å². The molecule has 1 unspecified atom stereocenters. The molecule has 1 fully saturated rings. The predicted octanol–water partition coefficient (Wildman–Crippen LogP) is 1.87. The van der Waals surface area contributed by atoms with Crippen molar-refractivity contribution >= 4 is 0 Å². The van der Waals surface area contributed by atoms with E-state index in [1.54, 1.807) is 6.07 Å². The number of rotatable bonds is 3. The molecule has 1 heterocycles. The number of halogens is 1. The first kappa shape index (κ1) is 12.3. The second-order valence-corrected chi connectivity index (χ2v) is 4.42. The molecule has 0 amide bonds. The highest BCUT2D eigenvalue weighted by Crippen LogP contribution is 2.34. The molecule has 1 saturated heterocycles. The van der Waals surface area contributed by atoms with E-state index in [-0.39, 0.29) is 11.7 Å². The van der Waals surface area contributed by atoms with E-state index in [2.05, 4.69) is 5.32 Å². The van der Waals surface area contributed by atoms with Crippen LogP contribution in [-0.4, -0.2) is 25.3 Å². The van der Waals surface area contributed by atoms with Gasteiger partial charge in [0.2, 0.25) is 0 Å². The van der Waals surface area contributed by atoms with Gasteiger partial charge in [0.25, 0.3) is 0 Å². The van der Waals surface area contributed by atoms with Gasteiger partial charge < -0.3 is 15.2 Å². The van der Waals surface area contributed by atoms with Gasteiger partial charge in [0.1, 0.15) is 11.6 Å². The van der Waals surface area contributed by atoms with Crippen molar-refractivity contribution in [3.8, 4) is 5.75 Å². The smallest absolute Gasteiger partial charge is 0.124 e. The summed E-state index contributed by atoms with van der Waals surface area (Å²) in [4.78, 5) is 0. The molecule has 0 aromatic heterocycles. The van der Waals surface area contributed by atoms with E-state index in [1.807, 2.05) is 0 Å². The Morgan fingerprint density at radius 1 is 1.41 bits per heavy atom. The standard InChI is InChI=1S/C13H18FNO2/c1-17-12-3-2-10(14)8-11(12)13(16)9-4-6-15-7-5-9/h2-3,8-9,13,15-16H,4-7H2,1H3. The van der Waals surface area contributed by atoms with Gasteiger partial charge in [-0.3, -0.25) is 0 Å². The van der Waals surface area contributed by atoms with Crippen molar-refractivity contribution < 1.29 is 14.2 Å². The summed E-state index contributed by atoms with van der Waals surface area (Å²) in [7, 11) is 1.53. The van der Waals surface area contributed by atoms with Crippen LogP contribution in [0.5, 0.6) is 5.75 Å². The van der Waals surface area contributed by atoms with E-state index >= 15 is 0 Å². The van der Waals surface area contributed by atoms with E-state index in [9.17, 15) is 9.50 Å². The van der Waals surface area contributed by atoms with Crippen molar-refractivity contribution in [3.05, 3.63) is 29.6 Å². The Morgan fingerprint density at radius 3 is 2.76 bits per heavy atom. The zero-order valence-electron chi connectivity index (χ0n) is 9.95. The SMILES string of the molecule is COc1ccc(F)cc1C(O)C1CCNCC1. The van der Waals surface area contributed by atoms with Crippen molar-refractivity contribution in [2.45, 2.75) is 18.9 Å². The highest BCUT2D eigenvalue weighted by atomic mass is 19.1.